The van der Waals surface area contributed by atoms with E-state index in [-0.39, 0.29) is 5.54 Å². The number of nitrogens with two attached hydrogens (primary N) is 1. The molecule has 1 aromatic heterocycles. The fourth-order valence-electron chi connectivity index (χ4n) is 1.83. The first-order valence-corrected chi connectivity index (χ1v) is 5.26. The second kappa shape index (κ2) is 3.35. The van der Waals surface area contributed by atoms with Crippen molar-refractivity contribution < 1.29 is 0 Å². The van der Waals surface area contributed by atoms with E-state index < -0.39 is 0 Å². The third kappa shape index (κ3) is 1.95. The maximum Gasteiger partial charge on any atom is 0.133 e. The Morgan fingerprint density at radius 3 is 2.93 bits per heavy atom. The molecule has 2 N–H and O–H groups in total. The Labute approximate surface area is 84.5 Å². The van der Waals surface area contributed by atoms with Crippen LogP contribution in [0.5, 0.6) is 0 Å². The van der Waals surface area contributed by atoms with Gasteiger partial charge >= 0.3 is 0 Å². The van der Waals surface area contributed by atoms with Gasteiger partial charge in [-0.25, -0.2) is 0 Å². The lowest BCUT2D eigenvalue weighted by molar-refractivity contribution is 0.465. The summed E-state index contributed by atoms with van der Waals surface area (Å²) in [6.07, 6.45) is 4.20. The Morgan fingerprint density at radius 2 is 2.21 bits per heavy atom. The summed E-state index contributed by atoms with van der Waals surface area (Å²) in [7, 11) is 0. The van der Waals surface area contributed by atoms with E-state index in [9.17, 15) is 0 Å². The minimum Gasteiger partial charge on any atom is -0.326 e. The van der Waals surface area contributed by atoms with E-state index in [0.29, 0.717) is 0 Å². The Kier molecular flexibility index (Phi) is 2.31. The highest BCUT2D eigenvalue weighted by Crippen LogP contribution is 2.16. The lowest BCUT2D eigenvalue weighted by Gasteiger charge is -2.17. The molecule has 0 saturated heterocycles. The molecule has 0 aromatic carbocycles. The Hall–Kier alpha value is -0.900. The number of aryl methyl sites for hydroxylation is 2. The van der Waals surface area contributed by atoms with Crippen LogP contribution in [0.1, 0.15) is 38.3 Å². The van der Waals surface area contributed by atoms with Crippen molar-refractivity contribution in [2.75, 3.05) is 0 Å². The monoisotopic (exact) mass is 194 g/mol. The quantitative estimate of drug-likeness (QED) is 0.777. The van der Waals surface area contributed by atoms with Crippen LogP contribution in [0.2, 0.25) is 0 Å². The molecule has 4 heteroatoms. The van der Waals surface area contributed by atoms with Gasteiger partial charge in [0.25, 0.3) is 0 Å². The predicted molar refractivity (Wildman–Crippen MR) is 54.9 cm³/mol. The molecule has 0 spiro atoms. The Balaban J connectivity index is 2.04. The van der Waals surface area contributed by atoms with Crippen LogP contribution in [0.3, 0.4) is 0 Å². The van der Waals surface area contributed by atoms with E-state index in [1.165, 1.54) is 6.42 Å². The number of nitrogens with zero attached hydrogens (tertiary/aromatic N) is 3. The van der Waals surface area contributed by atoms with Crippen molar-refractivity contribution >= 4 is 0 Å². The van der Waals surface area contributed by atoms with Gasteiger partial charge in [-0.15, -0.1) is 10.2 Å². The van der Waals surface area contributed by atoms with E-state index in [1.54, 1.807) is 0 Å². The summed E-state index contributed by atoms with van der Waals surface area (Å²) < 4.78 is 2.24. The van der Waals surface area contributed by atoms with Crippen LogP contribution in [0.4, 0.5) is 0 Å². The van der Waals surface area contributed by atoms with Gasteiger partial charge in [0.1, 0.15) is 11.6 Å². The molecule has 1 aliphatic rings. The number of fused-ring (bicyclic) bond motifs is 1. The highest BCUT2D eigenvalue weighted by molar-refractivity contribution is 5.01. The summed E-state index contributed by atoms with van der Waals surface area (Å²) in [6.45, 7) is 5.19. The van der Waals surface area contributed by atoms with E-state index in [2.05, 4.69) is 14.8 Å². The van der Waals surface area contributed by atoms with Crippen LogP contribution in [0, 0.1) is 0 Å². The van der Waals surface area contributed by atoms with E-state index in [4.69, 9.17) is 5.73 Å². The van der Waals surface area contributed by atoms with Crippen molar-refractivity contribution in [1.82, 2.24) is 14.8 Å². The first-order chi connectivity index (χ1) is 6.56. The summed E-state index contributed by atoms with van der Waals surface area (Å²) >= 11 is 0. The molecule has 0 bridgehead atoms. The van der Waals surface area contributed by atoms with E-state index in [0.717, 1.165) is 37.5 Å². The van der Waals surface area contributed by atoms with E-state index in [1.807, 2.05) is 13.8 Å². The second-order valence-corrected chi connectivity index (χ2v) is 4.78. The maximum absolute atomic E-state index is 5.94. The van der Waals surface area contributed by atoms with E-state index >= 15 is 0 Å². The van der Waals surface area contributed by atoms with Gasteiger partial charge in [0, 0.05) is 24.9 Å². The Bertz CT molecular complexity index is 321. The third-order valence-electron chi connectivity index (χ3n) is 2.68. The molecular weight excluding hydrogens is 176 g/mol. The summed E-state index contributed by atoms with van der Waals surface area (Å²) in [6, 6.07) is 0. The first-order valence-electron chi connectivity index (χ1n) is 5.26. The number of hydrogen-bond acceptors (Lipinski definition) is 3. The minimum atomic E-state index is -0.106. The largest absolute Gasteiger partial charge is 0.326 e. The molecule has 0 fully saturated rings. The molecule has 0 amide bonds. The van der Waals surface area contributed by atoms with Crippen molar-refractivity contribution in [3.8, 4) is 0 Å². The summed E-state index contributed by atoms with van der Waals surface area (Å²) in [4.78, 5) is 0. The molecule has 78 valence electrons. The van der Waals surface area contributed by atoms with Crippen molar-refractivity contribution in [1.29, 1.82) is 0 Å². The van der Waals surface area contributed by atoms with Crippen LogP contribution < -0.4 is 5.73 Å². The topological polar surface area (TPSA) is 56.7 Å². The van der Waals surface area contributed by atoms with Crippen LogP contribution in [0.25, 0.3) is 0 Å². The average Bonchev–Trinajstić information content (AvgIpc) is 2.59. The maximum atomic E-state index is 5.94. The third-order valence-corrected chi connectivity index (χ3v) is 2.68. The summed E-state index contributed by atoms with van der Waals surface area (Å²) in [5.41, 5.74) is 5.83. The van der Waals surface area contributed by atoms with Gasteiger partial charge in [0.15, 0.2) is 0 Å². The molecule has 0 atom stereocenters. The Morgan fingerprint density at radius 1 is 1.43 bits per heavy atom. The molecule has 1 aromatic rings. The minimum absolute atomic E-state index is 0.106. The van der Waals surface area contributed by atoms with Crippen molar-refractivity contribution in [2.24, 2.45) is 5.73 Å². The molecule has 4 nitrogen and oxygen atoms in total. The molecule has 0 aliphatic carbocycles. The number of aromatic nitrogens is 3. The number of hydrogen-bond donors (Lipinski definition) is 1. The molecule has 2 heterocycles. The normalized spacial score (nSPS) is 15.9. The molecule has 0 saturated carbocycles. The molecule has 0 radical (unpaired) electrons. The second-order valence-electron chi connectivity index (χ2n) is 4.78. The smallest absolute Gasteiger partial charge is 0.133 e. The van der Waals surface area contributed by atoms with Gasteiger partial charge in [-0.3, -0.25) is 0 Å². The SMILES string of the molecule is CC(C)(N)CCc1nnc2n1CCC2. The zero-order chi connectivity index (χ0) is 10.2. The highest BCUT2D eigenvalue weighted by atomic mass is 15.3. The van der Waals surface area contributed by atoms with Crippen molar-refractivity contribution in [2.45, 2.75) is 51.6 Å². The van der Waals surface area contributed by atoms with Gasteiger partial charge < -0.3 is 10.3 Å². The van der Waals surface area contributed by atoms with Gasteiger partial charge in [-0.05, 0) is 26.7 Å². The van der Waals surface area contributed by atoms with Gasteiger partial charge in [-0.1, -0.05) is 0 Å². The fourth-order valence-corrected chi connectivity index (χ4v) is 1.83. The molecule has 0 unspecified atom stereocenters. The van der Waals surface area contributed by atoms with Crippen LogP contribution in [-0.2, 0) is 19.4 Å². The standard InChI is InChI=1S/C10H18N4/c1-10(2,11)6-5-9-13-12-8-4-3-7-14(8)9/h3-7,11H2,1-2H3. The lowest BCUT2D eigenvalue weighted by Crippen LogP contribution is -2.32. The molecule has 2 rings (SSSR count). The zero-order valence-corrected chi connectivity index (χ0v) is 8.95. The van der Waals surface area contributed by atoms with Crippen LogP contribution in [-0.4, -0.2) is 20.3 Å². The molecular formula is C10H18N4. The fraction of sp³-hybridized carbons (Fsp3) is 0.800. The lowest BCUT2D eigenvalue weighted by atomic mass is 10.00. The van der Waals surface area contributed by atoms with Gasteiger partial charge in [0.05, 0.1) is 0 Å². The summed E-state index contributed by atoms with van der Waals surface area (Å²) in [5.74, 6) is 2.26. The molecule has 14 heavy (non-hydrogen) atoms. The zero-order valence-electron chi connectivity index (χ0n) is 8.95. The highest BCUT2D eigenvalue weighted by Gasteiger charge is 2.19. The first kappa shape index (κ1) is 9.65. The van der Waals surface area contributed by atoms with Gasteiger partial charge in [-0.2, -0.15) is 0 Å². The number of rotatable bonds is 3. The van der Waals surface area contributed by atoms with Crippen molar-refractivity contribution in [3.63, 3.8) is 0 Å². The predicted octanol–water partition coefficient (Wildman–Crippen LogP) is 0.894. The average molecular weight is 194 g/mol. The molecule has 1 aliphatic heterocycles. The van der Waals surface area contributed by atoms with Crippen molar-refractivity contribution in [3.05, 3.63) is 11.6 Å². The van der Waals surface area contributed by atoms with Crippen LogP contribution >= 0.6 is 0 Å². The summed E-state index contributed by atoms with van der Waals surface area (Å²) in [5, 5.41) is 8.37. The van der Waals surface area contributed by atoms with Crippen LogP contribution in [0.15, 0.2) is 0 Å². The van der Waals surface area contributed by atoms with Gasteiger partial charge in [0.2, 0.25) is 0 Å².